The molecule has 0 amide bonds. The summed E-state index contributed by atoms with van der Waals surface area (Å²) in [6, 6.07) is 12.2. The van der Waals surface area contributed by atoms with Gasteiger partial charge in [0.2, 0.25) is 0 Å². The van der Waals surface area contributed by atoms with Crippen molar-refractivity contribution in [1.82, 2.24) is 9.55 Å². The smallest absolute Gasteiger partial charge is 0.182 e. The zero-order valence-electron chi connectivity index (χ0n) is 10.9. The summed E-state index contributed by atoms with van der Waals surface area (Å²) in [5.74, 6) is 0.400. The first-order valence-corrected chi connectivity index (χ1v) is 6.74. The Kier molecular flexibility index (Phi) is 3.28. The number of H-pyrrole nitrogens is 1. The number of aromatic nitrogens is 2. The molecule has 0 aliphatic heterocycles. The molecule has 0 radical (unpaired) electrons. The number of rotatable bonds is 3. The lowest BCUT2D eigenvalue weighted by molar-refractivity contribution is 0.343. The number of nitrogens with zero attached hydrogens (tertiary/aromatic N) is 1. The summed E-state index contributed by atoms with van der Waals surface area (Å²) >= 11 is 5.32. The molecule has 0 unspecified atom stereocenters. The number of ether oxygens (including phenoxy) is 1. The van der Waals surface area contributed by atoms with Crippen molar-refractivity contribution >= 4 is 23.3 Å². The van der Waals surface area contributed by atoms with E-state index in [1.807, 2.05) is 25.1 Å². The molecule has 20 heavy (non-hydrogen) atoms. The zero-order chi connectivity index (χ0) is 14.1. The number of hydrogen-bond acceptors (Lipinski definition) is 2. The van der Waals surface area contributed by atoms with E-state index in [2.05, 4.69) is 4.98 Å². The minimum atomic E-state index is -0.314. The lowest BCUT2D eigenvalue weighted by atomic mass is 10.2. The van der Waals surface area contributed by atoms with Crippen LogP contribution in [0.4, 0.5) is 4.39 Å². The van der Waals surface area contributed by atoms with Crippen molar-refractivity contribution in [3.63, 3.8) is 0 Å². The fourth-order valence-electron chi connectivity index (χ4n) is 2.25. The van der Waals surface area contributed by atoms with E-state index in [9.17, 15) is 4.39 Å². The van der Waals surface area contributed by atoms with E-state index in [4.69, 9.17) is 17.0 Å². The summed E-state index contributed by atoms with van der Waals surface area (Å²) in [6.07, 6.45) is 0. The van der Waals surface area contributed by atoms with Gasteiger partial charge in [-0.2, -0.15) is 0 Å². The van der Waals surface area contributed by atoms with E-state index in [-0.39, 0.29) is 5.82 Å². The molecule has 3 rings (SSSR count). The van der Waals surface area contributed by atoms with Gasteiger partial charge in [-0.3, -0.25) is 4.57 Å². The third-order valence-corrected chi connectivity index (χ3v) is 3.36. The maximum absolute atomic E-state index is 14.0. The van der Waals surface area contributed by atoms with E-state index >= 15 is 0 Å². The number of benzene rings is 2. The third kappa shape index (κ3) is 2.00. The van der Waals surface area contributed by atoms with Crippen LogP contribution in [-0.4, -0.2) is 16.2 Å². The molecule has 3 aromatic rings. The van der Waals surface area contributed by atoms with Crippen LogP contribution in [0.25, 0.3) is 16.7 Å². The molecule has 0 saturated heterocycles. The van der Waals surface area contributed by atoms with Crippen LogP contribution < -0.4 is 4.74 Å². The van der Waals surface area contributed by atoms with E-state index in [0.717, 1.165) is 11.0 Å². The predicted octanol–water partition coefficient (Wildman–Crippen LogP) is 4.23. The van der Waals surface area contributed by atoms with Gasteiger partial charge in [-0.25, -0.2) is 4.39 Å². The SMILES string of the molecule is CCOc1cccc2c1[nH]c(=S)n2-c1ccccc1F. The van der Waals surface area contributed by atoms with Crippen LogP contribution in [0.5, 0.6) is 5.75 Å². The molecule has 0 aliphatic rings. The number of para-hydroxylation sites is 2. The van der Waals surface area contributed by atoms with E-state index in [0.29, 0.717) is 22.8 Å². The first-order valence-electron chi connectivity index (χ1n) is 6.34. The van der Waals surface area contributed by atoms with Gasteiger partial charge in [0.25, 0.3) is 0 Å². The quantitative estimate of drug-likeness (QED) is 0.731. The Morgan fingerprint density at radius 2 is 2.00 bits per heavy atom. The molecule has 102 valence electrons. The Balaban J connectivity index is 2.33. The van der Waals surface area contributed by atoms with Gasteiger partial charge in [-0.1, -0.05) is 18.2 Å². The van der Waals surface area contributed by atoms with Gasteiger partial charge in [0.1, 0.15) is 17.1 Å². The highest BCUT2D eigenvalue weighted by Gasteiger charge is 2.12. The summed E-state index contributed by atoms with van der Waals surface area (Å²) in [5.41, 5.74) is 2.01. The summed E-state index contributed by atoms with van der Waals surface area (Å²) in [6.45, 7) is 2.48. The van der Waals surface area contributed by atoms with E-state index in [1.165, 1.54) is 6.07 Å². The highest BCUT2D eigenvalue weighted by Crippen LogP contribution is 2.28. The van der Waals surface area contributed by atoms with Crippen molar-refractivity contribution in [2.45, 2.75) is 6.92 Å². The molecular weight excluding hydrogens is 275 g/mol. The highest BCUT2D eigenvalue weighted by atomic mass is 32.1. The molecule has 0 atom stereocenters. The number of aromatic amines is 1. The fourth-order valence-corrected chi connectivity index (χ4v) is 2.55. The number of nitrogens with one attached hydrogen (secondary N) is 1. The summed E-state index contributed by atoms with van der Waals surface area (Å²) < 4.78 is 21.7. The van der Waals surface area contributed by atoms with Gasteiger partial charge in [0.05, 0.1) is 17.8 Å². The largest absolute Gasteiger partial charge is 0.492 e. The van der Waals surface area contributed by atoms with Crippen LogP contribution in [-0.2, 0) is 0 Å². The van der Waals surface area contributed by atoms with Gasteiger partial charge >= 0.3 is 0 Å². The number of imidazole rings is 1. The van der Waals surface area contributed by atoms with Crippen molar-refractivity contribution in [2.75, 3.05) is 6.61 Å². The average molecular weight is 288 g/mol. The average Bonchev–Trinajstić information content (AvgIpc) is 2.77. The maximum atomic E-state index is 14.0. The third-order valence-electron chi connectivity index (χ3n) is 3.07. The van der Waals surface area contributed by atoms with Gasteiger partial charge in [-0.15, -0.1) is 0 Å². The second-order valence-corrected chi connectivity index (χ2v) is 4.69. The normalized spacial score (nSPS) is 10.9. The molecule has 3 nitrogen and oxygen atoms in total. The Morgan fingerprint density at radius 3 is 2.75 bits per heavy atom. The number of hydrogen-bond donors (Lipinski definition) is 1. The molecule has 2 aromatic carbocycles. The predicted molar refractivity (Wildman–Crippen MR) is 79.6 cm³/mol. The Hall–Kier alpha value is -2.14. The van der Waals surface area contributed by atoms with Crippen LogP contribution in [0.3, 0.4) is 0 Å². The van der Waals surface area contributed by atoms with Gasteiger partial charge < -0.3 is 9.72 Å². The molecule has 1 N–H and O–H groups in total. The first kappa shape index (κ1) is 12.9. The Labute approximate surface area is 120 Å². The van der Waals surface area contributed by atoms with Crippen LogP contribution in [0.2, 0.25) is 0 Å². The summed E-state index contributed by atoms with van der Waals surface area (Å²) in [4.78, 5) is 3.09. The topological polar surface area (TPSA) is 29.9 Å². The fraction of sp³-hybridized carbons (Fsp3) is 0.133. The molecular formula is C15H13FN2OS. The standard InChI is InChI=1S/C15H13FN2OS/c1-2-19-13-9-5-8-12-14(13)17-15(20)18(12)11-7-4-3-6-10(11)16/h3-9H,2H2,1H3,(H,17,20). The lowest BCUT2D eigenvalue weighted by Crippen LogP contribution is -1.97. The highest BCUT2D eigenvalue weighted by molar-refractivity contribution is 7.71. The van der Waals surface area contributed by atoms with Gasteiger partial charge in [-0.05, 0) is 43.4 Å². The monoisotopic (exact) mass is 288 g/mol. The zero-order valence-corrected chi connectivity index (χ0v) is 11.7. The molecule has 0 aliphatic carbocycles. The summed E-state index contributed by atoms with van der Waals surface area (Å²) in [7, 11) is 0. The molecule has 0 fully saturated rings. The number of halogens is 1. The van der Waals surface area contributed by atoms with Crippen LogP contribution in [0.15, 0.2) is 42.5 Å². The Morgan fingerprint density at radius 1 is 1.20 bits per heavy atom. The van der Waals surface area contributed by atoms with Gasteiger partial charge in [0.15, 0.2) is 4.77 Å². The minimum absolute atomic E-state index is 0.314. The molecule has 5 heteroatoms. The van der Waals surface area contributed by atoms with Crippen molar-refractivity contribution in [3.8, 4) is 11.4 Å². The van der Waals surface area contributed by atoms with Crippen LogP contribution in [0, 0.1) is 10.6 Å². The van der Waals surface area contributed by atoms with E-state index in [1.54, 1.807) is 22.8 Å². The molecule has 0 spiro atoms. The van der Waals surface area contributed by atoms with Crippen molar-refractivity contribution in [1.29, 1.82) is 0 Å². The molecule has 1 aromatic heterocycles. The second-order valence-electron chi connectivity index (χ2n) is 4.30. The van der Waals surface area contributed by atoms with Crippen molar-refractivity contribution in [3.05, 3.63) is 53.1 Å². The summed E-state index contributed by atoms with van der Waals surface area (Å²) in [5, 5.41) is 0. The maximum Gasteiger partial charge on any atom is 0.182 e. The van der Waals surface area contributed by atoms with Crippen LogP contribution in [0.1, 0.15) is 6.92 Å². The van der Waals surface area contributed by atoms with E-state index < -0.39 is 0 Å². The molecule has 0 bridgehead atoms. The van der Waals surface area contributed by atoms with Crippen LogP contribution >= 0.6 is 12.2 Å². The minimum Gasteiger partial charge on any atom is -0.492 e. The Bertz CT molecular complexity index is 822. The lowest BCUT2D eigenvalue weighted by Gasteiger charge is -2.07. The first-order chi connectivity index (χ1) is 9.72. The molecule has 1 heterocycles. The van der Waals surface area contributed by atoms with Crippen molar-refractivity contribution < 1.29 is 9.13 Å². The van der Waals surface area contributed by atoms with Crippen molar-refractivity contribution in [2.24, 2.45) is 0 Å². The second kappa shape index (κ2) is 5.09. The number of fused-ring (bicyclic) bond motifs is 1. The van der Waals surface area contributed by atoms with Gasteiger partial charge in [0, 0.05) is 0 Å². The molecule has 0 saturated carbocycles.